The Morgan fingerprint density at radius 2 is 2.11 bits per heavy atom. The summed E-state index contributed by atoms with van der Waals surface area (Å²) >= 11 is 0. The summed E-state index contributed by atoms with van der Waals surface area (Å²) in [4.78, 5) is 10.9. The van der Waals surface area contributed by atoms with Gasteiger partial charge in [-0.05, 0) is 12.5 Å². The van der Waals surface area contributed by atoms with Gasteiger partial charge in [0.25, 0.3) is 0 Å². The molecule has 2 unspecified atom stereocenters. The molecule has 0 saturated carbocycles. The molecule has 0 bridgehead atoms. The van der Waals surface area contributed by atoms with Gasteiger partial charge in [0.05, 0.1) is 6.10 Å². The van der Waals surface area contributed by atoms with Gasteiger partial charge in [0.1, 0.15) is 17.7 Å². The number of carbonyl (C=O) groups is 1. The first-order valence-corrected chi connectivity index (χ1v) is 6.05. The highest BCUT2D eigenvalue weighted by molar-refractivity contribution is 5.73. The minimum Gasteiger partial charge on any atom is -0.480 e. The first-order valence-electron chi connectivity index (χ1n) is 6.05. The average Bonchev–Trinajstić information content (AvgIpc) is 2.33. The third kappa shape index (κ3) is 4.57. The van der Waals surface area contributed by atoms with Crippen LogP contribution in [0.1, 0.15) is 31.4 Å². The van der Waals surface area contributed by atoms with Gasteiger partial charge in [-0.15, -0.1) is 0 Å². The van der Waals surface area contributed by atoms with E-state index in [2.05, 4.69) is 5.32 Å². The van der Waals surface area contributed by atoms with E-state index in [0.29, 0.717) is 18.9 Å². The molecule has 3 N–H and O–H groups in total. The lowest BCUT2D eigenvalue weighted by Crippen LogP contribution is -2.39. The maximum Gasteiger partial charge on any atom is 0.320 e. The van der Waals surface area contributed by atoms with Gasteiger partial charge in [-0.2, -0.15) is 0 Å². The van der Waals surface area contributed by atoms with Crippen LogP contribution in [0.5, 0.6) is 0 Å². The standard InChI is InChI=1S/C13H17F2NO3/c1-2-3-11(13(18)19)16-7-12(17)9-5-4-8(14)6-10(9)15/h4-6,11-12,16-17H,2-3,7H2,1H3,(H,18,19). The van der Waals surface area contributed by atoms with Crippen molar-refractivity contribution in [2.45, 2.75) is 31.9 Å². The van der Waals surface area contributed by atoms with Crippen LogP contribution in [-0.2, 0) is 4.79 Å². The maximum absolute atomic E-state index is 13.4. The number of rotatable bonds is 7. The number of aliphatic hydroxyl groups excluding tert-OH is 1. The van der Waals surface area contributed by atoms with Crippen LogP contribution in [0, 0.1) is 11.6 Å². The molecule has 1 aromatic carbocycles. The zero-order valence-electron chi connectivity index (χ0n) is 10.6. The number of nitrogens with one attached hydrogen (secondary N) is 1. The van der Waals surface area contributed by atoms with Gasteiger partial charge in [-0.25, -0.2) is 8.78 Å². The Balaban J connectivity index is 2.63. The number of carboxylic acid groups (broad SMARTS) is 1. The summed E-state index contributed by atoms with van der Waals surface area (Å²) in [5.74, 6) is -2.60. The molecule has 106 valence electrons. The van der Waals surface area contributed by atoms with Crippen LogP contribution >= 0.6 is 0 Å². The normalized spacial score (nSPS) is 14.1. The zero-order valence-corrected chi connectivity index (χ0v) is 10.6. The van der Waals surface area contributed by atoms with Crippen molar-refractivity contribution in [3.63, 3.8) is 0 Å². The minimum absolute atomic E-state index is 0.0606. The number of benzene rings is 1. The van der Waals surface area contributed by atoms with Crippen molar-refractivity contribution in [1.82, 2.24) is 5.32 Å². The molecule has 0 spiro atoms. The highest BCUT2D eigenvalue weighted by Crippen LogP contribution is 2.17. The summed E-state index contributed by atoms with van der Waals surface area (Å²) in [7, 11) is 0. The monoisotopic (exact) mass is 273 g/mol. The Labute approximate surface area is 110 Å². The summed E-state index contributed by atoms with van der Waals surface area (Å²) in [5.41, 5.74) is -0.0606. The van der Waals surface area contributed by atoms with Gasteiger partial charge in [-0.1, -0.05) is 19.4 Å². The summed E-state index contributed by atoms with van der Waals surface area (Å²) < 4.78 is 26.1. The molecule has 0 aliphatic carbocycles. The molecule has 0 aliphatic heterocycles. The van der Waals surface area contributed by atoms with Gasteiger partial charge in [-0.3, -0.25) is 4.79 Å². The highest BCUT2D eigenvalue weighted by Gasteiger charge is 2.19. The Hall–Kier alpha value is -1.53. The highest BCUT2D eigenvalue weighted by atomic mass is 19.1. The molecule has 0 heterocycles. The third-order valence-electron chi connectivity index (χ3n) is 2.75. The van der Waals surface area contributed by atoms with Gasteiger partial charge < -0.3 is 15.5 Å². The second-order valence-electron chi connectivity index (χ2n) is 4.27. The maximum atomic E-state index is 13.4. The van der Waals surface area contributed by atoms with E-state index in [-0.39, 0.29) is 12.1 Å². The van der Waals surface area contributed by atoms with E-state index < -0.39 is 29.7 Å². The molecular weight excluding hydrogens is 256 g/mol. The van der Waals surface area contributed by atoms with Crippen molar-refractivity contribution in [2.75, 3.05) is 6.54 Å². The number of carboxylic acids is 1. The molecule has 0 aromatic heterocycles. The van der Waals surface area contributed by atoms with E-state index in [1.165, 1.54) is 0 Å². The van der Waals surface area contributed by atoms with Gasteiger partial charge in [0, 0.05) is 18.2 Å². The fraction of sp³-hybridized carbons (Fsp3) is 0.462. The molecule has 1 rings (SSSR count). The van der Waals surface area contributed by atoms with Crippen LogP contribution in [0.3, 0.4) is 0 Å². The van der Waals surface area contributed by atoms with Crippen LogP contribution in [0.15, 0.2) is 18.2 Å². The van der Waals surface area contributed by atoms with E-state index in [4.69, 9.17) is 5.11 Å². The number of halogens is 2. The molecule has 0 aliphatic rings. The van der Waals surface area contributed by atoms with Gasteiger partial charge >= 0.3 is 5.97 Å². The van der Waals surface area contributed by atoms with E-state index in [9.17, 15) is 18.7 Å². The average molecular weight is 273 g/mol. The van der Waals surface area contributed by atoms with Crippen LogP contribution in [-0.4, -0.2) is 28.8 Å². The number of aliphatic hydroxyl groups is 1. The predicted octanol–water partition coefficient (Wildman–Crippen LogP) is 1.84. The largest absolute Gasteiger partial charge is 0.480 e. The quantitative estimate of drug-likeness (QED) is 0.709. The fourth-order valence-corrected chi connectivity index (χ4v) is 1.74. The molecule has 0 radical (unpaired) electrons. The van der Waals surface area contributed by atoms with Crippen LogP contribution in [0.25, 0.3) is 0 Å². The Bertz CT molecular complexity index is 440. The predicted molar refractivity (Wildman–Crippen MR) is 65.7 cm³/mol. The number of hydrogen-bond acceptors (Lipinski definition) is 3. The Kier molecular flexibility index (Phi) is 5.85. The second-order valence-corrected chi connectivity index (χ2v) is 4.27. The Morgan fingerprint density at radius 3 is 2.63 bits per heavy atom. The SMILES string of the molecule is CCCC(NCC(O)c1ccc(F)cc1F)C(=O)O. The van der Waals surface area contributed by atoms with Crippen molar-refractivity contribution >= 4 is 5.97 Å². The molecule has 0 fully saturated rings. The van der Waals surface area contributed by atoms with E-state index >= 15 is 0 Å². The van der Waals surface area contributed by atoms with Crippen LogP contribution in [0.4, 0.5) is 8.78 Å². The summed E-state index contributed by atoms with van der Waals surface area (Å²) in [6.45, 7) is 1.73. The summed E-state index contributed by atoms with van der Waals surface area (Å²) in [6, 6.07) is 2.08. The lowest BCUT2D eigenvalue weighted by molar-refractivity contribution is -0.139. The molecule has 0 amide bonds. The van der Waals surface area contributed by atoms with Gasteiger partial charge in [0.15, 0.2) is 0 Å². The molecular formula is C13H17F2NO3. The van der Waals surface area contributed by atoms with Crippen molar-refractivity contribution < 1.29 is 23.8 Å². The molecule has 6 heteroatoms. The van der Waals surface area contributed by atoms with Crippen molar-refractivity contribution in [1.29, 1.82) is 0 Å². The van der Waals surface area contributed by atoms with E-state index in [1.54, 1.807) is 0 Å². The molecule has 19 heavy (non-hydrogen) atoms. The van der Waals surface area contributed by atoms with Crippen molar-refractivity contribution in [3.05, 3.63) is 35.4 Å². The Morgan fingerprint density at radius 1 is 1.42 bits per heavy atom. The molecule has 1 aromatic rings. The first-order chi connectivity index (χ1) is 8.95. The van der Waals surface area contributed by atoms with Crippen molar-refractivity contribution in [2.24, 2.45) is 0 Å². The fourth-order valence-electron chi connectivity index (χ4n) is 1.74. The first kappa shape index (κ1) is 15.5. The number of aliphatic carboxylic acids is 1. The smallest absolute Gasteiger partial charge is 0.320 e. The number of hydrogen-bond donors (Lipinski definition) is 3. The van der Waals surface area contributed by atoms with Crippen LogP contribution < -0.4 is 5.32 Å². The summed E-state index contributed by atoms with van der Waals surface area (Å²) in [5, 5.41) is 21.3. The summed E-state index contributed by atoms with van der Waals surface area (Å²) in [6.07, 6.45) is -0.141. The topological polar surface area (TPSA) is 69.6 Å². The van der Waals surface area contributed by atoms with E-state index in [0.717, 1.165) is 12.1 Å². The molecule has 4 nitrogen and oxygen atoms in total. The lowest BCUT2D eigenvalue weighted by atomic mass is 10.1. The van der Waals surface area contributed by atoms with Crippen LogP contribution in [0.2, 0.25) is 0 Å². The van der Waals surface area contributed by atoms with Crippen molar-refractivity contribution in [3.8, 4) is 0 Å². The van der Waals surface area contributed by atoms with Gasteiger partial charge in [0.2, 0.25) is 0 Å². The molecule has 2 atom stereocenters. The third-order valence-corrected chi connectivity index (χ3v) is 2.75. The lowest BCUT2D eigenvalue weighted by Gasteiger charge is -2.17. The second kappa shape index (κ2) is 7.16. The minimum atomic E-state index is -1.22. The van der Waals surface area contributed by atoms with E-state index in [1.807, 2.05) is 6.92 Å². The molecule has 0 saturated heterocycles. The zero-order chi connectivity index (χ0) is 14.4.